The highest BCUT2D eigenvalue weighted by Gasteiger charge is 2.08. The Labute approximate surface area is 101 Å². The topological polar surface area (TPSA) is 62.5 Å². The minimum Gasteiger partial charge on any atom is -0.490 e. The van der Waals surface area contributed by atoms with Gasteiger partial charge in [-0.05, 0) is 19.1 Å². The van der Waals surface area contributed by atoms with Crippen molar-refractivity contribution in [2.45, 2.75) is 13.8 Å². The van der Waals surface area contributed by atoms with Gasteiger partial charge in [-0.2, -0.15) is 5.26 Å². The van der Waals surface area contributed by atoms with E-state index >= 15 is 0 Å². The molecule has 4 heteroatoms. The van der Waals surface area contributed by atoms with Crippen molar-refractivity contribution < 1.29 is 14.6 Å². The second-order valence-corrected chi connectivity index (χ2v) is 3.81. The van der Waals surface area contributed by atoms with Crippen molar-refractivity contribution in [3.8, 4) is 17.6 Å². The number of hydrogen-bond donors (Lipinski definition) is 1. The quantitative estimate of drug-likeness (QED) is 0.818. The van der Waals surface area contributed by atoms with Crippen molar-refractivity contribution in [2.75, 3.05) is 19.8 Å². The predicted molar refractivity (Wildman–Crippen MR) is 64.1 cm³/mol. The second kappa shape index (κ2) is 6.77. The van der Waals surface area contributed by atoms with Crippen molar-refractivity contribution in [1.82, 2.24) is 0 Å². The van der Waals surface area contributed by atoms with Crippen LogP contribution in [0.25, 0.3) is 0 Å². The summed E-state index contributed by atoms with van der Waals surface area (Å²) in [4.78, 5) is 0. The first-order valence-electron chi connectivity index (χ1n) is 5.61. The SMILES string of the molecule is CCOc1cc(C#N)ccc1OCC(C)CO. The number of aliphatic hydroxyl groups is 1. The van der Waals surface area contributed by atoms with Crippen LogP contribution in [-0.2, 0) is 0 Å². The van der Waals surface area contributed by atoms with Crippen LogP contribution in [0.1, 0.15) is 19.4 Å². The molecule has 0 saturated carbocycles. The van der Waals surface area contributed by atoms with Gasteiger partial charge in [-0.25, -0.2) is 0 Å². The molecule has 92 valence electrons. The van der Waals surface area contributed by atoms with Crippen LogP contribution in [0, 0.1) is 17.2 Å². The molecule has 0 aliphatic rings. The third kappa shape index (κ3) is 3.97. The van der Waals surface area contributed by atoms with Gasteiger partial charge in [-0.1, -0.05) is 6.92 Å². The molecule has 1 N–H and O–H groups in total. The van der Waals surface area contributed by atoms with Gasteiger partial charge in [0.25, 0.3) is 0 Å². The molecule has 0 heterocycles. The fourth-order valence-electron chi connectivity index (χ4n) is 1.25. The average Bonchev–Trinajstić information content (AvgIpc) is 2.37. The van der Waals surface area contributed by atoms with E-state index in [0.29, 0.717) is 30.3 Å². The van der Waals surface area contributed by atoms with Crippen LogP contribution in [0.2, 0.25) is 0 Å². The van der Waals surface area contributed by atoms with E-state index in [1.165, 1.54) is 0 Å². The van der Waals surface area contributed by atoms with Crippen molar-refractivity contribution in [3.63, 3.8) is 0 Å². The fourth-order valence-corrected chi connectivity index (χ4v) is 1.25. The smallest absolute Gasteiger partial charge is 0.162 e. The highest BCUT2D eigenvalue weighted by molar-refractivity contribution is 5.46. The fraction of sp³-hybridized carbons (Fsp3) is 0.462. The molecule has 0 spiro atoms. The van der Waals surface area contributed by atoms with Crippen molar-refractivity contribution >= 4 is 0 Å². The molecule has 0 amide bonds. The maximum atomic E-state index is 8.91. The lowest BCUT2D eigenvalue weighted by atomic mass is 10.2. The van der Waals surface area contributed by atoms with Gasteiger partial charge < -0.3 is 14.6 Å². The number of ether oxygens (including phenoxy) is 2. The first kappa shape index (κ1) is 13.3. The zero-order chi connectivity index (χ0) is 12.7. The molecule has 0 aliphatic heterocycles. The summed E-state index contributed by atoms with van der Waals surface area (Å²) >= 11 is 0. The van der Waals surface area contributed by atoms with Gasteiger partial charge in [0.05, 0.1) is 24.8 Å². The standard InChI is InChI=1S/C13H17NO3/c1-3-16-13-6-11(7-14)4-5-12(13)17-9-10(2)8-15/h4-6,10,15H,3,8-9H2,1-2H3. The van der Waals surface area contributed by atoms with E-state index in [9.17, 15) is 0 Å². The van der Waals surface area contributed by atoms with Crippen LogP contribution >= 0.6 is 0 Å². The van der Waals surface area contributed by atoms with Crippen LogP contribution in [0.4, 0.5) is 0 Å². The number of nitriles is 1. The minimum atomic E-state index is 0.0696. The monoisotopic (exact) mass is 235 g/mol. The molecular formula is C13H17NO3. The van der Waals surface area contributed by atoms with Gasteiger partial charge in [0.15, 0.2) is 11.5 Å². The molecule has 0 aromatic heterocycles. The third-order valence-corrected chi connectivity index (χ3v) is 2.21. The van der Waals surface area contributed by atoms with E-state index in [0.717, 1.165) is 0 Å². The van der Waals surface area contributed by atoms with E-state index in [2.05, 4.69) is 6.07 Å². The van der Waals surface area contributed by atoms with E-state index < -0.39 is 0 Å². The van der Waals surface area contributed by atoms with Gasteiger partial charge in [0.1, 0.15) is 0 Å². The van der Waals surface area contributed by atoms with E-state index in [1.807, 2.05) is 13.8 Å². The summed E-state index contributed by atoms with van der Waals surface area (Å²) in [7, 11) is 0. The molecule has 1 atom stereocenters. The Morgan fingerprint density at radius 3 is 2.71 bits per heavy atom. The summed E-state index contributed by atoms with van der Waals surface area (Å²) in [5.74, 6) is 1.24. The summed E-state index contributed by atoms with van der Waals surface area (Å²) in [5.41, 5.74) is 0.538. The Morgan fingerprint density at radius 1 is 1.35 bits per heavy atom. The van der Waals surface area contributed by atoms with E-state index in [4.69, 9.17) is 19.8 Å². The zero-order valence-electron chi connectivity index (χ0n) is 10.1. The normalized spacial score (nSPS) is 11.6. The number of nitrogens with zero attached hydrogens (tertiary/aromatic N) is 1. The van der Waals surface area contributed by atoms with Crippen LogP contribution in [0.3, 0.4) is 0 Å². The molecule has 1 unspecified atom stereocenters. The van der Waals surface area contributed by atoms with Crippen molar-refractivity contribution in [3.05, 3.63) is 23.8 Å². The summed E-state index contributed by atoms with van der Waals surface area (Å²) in [6.45, 7) is 4.78. The summed E-state index contributed by atoms with van der Waals surface area (Å²) in [5, 5.41) is 17.7. The Kier molecular flexibility index (Phi) is 5.31. The van der Waals surface area contributed by atoms with Crippen molar-refractivity contribution in [2.24, 2.45) is 5.92 Å². The lowest BCUT2D eigenvalue weighted by molar-refractivity contribution is 0.170. The molecule has 17 heavy (non-hydrogen) atoms. The highest BCUT2D eigenvalue weighted by Crippen LogP contribution is 2.28. The third-order valence-electron chi connectivity index (χ3n) is 2.21. The van der Waals surface area contributed by atoms with Gasteiger partial charge in [0, 0.05) is 18.6 Å². The molecule has 0 bridgehead atoms. The molecule has 0 radical (unpaired) electrons. The van der Waals surface area contributed by atoms with Crippen molar-refractivity contribution in [1.29, 1.82) is 5.26 Å². The van der Waals surface area contributed by atoms with Crippen LogP contribution in [0.15, 0.2) is 18.2 Å². The Hall–Kier alpha value is -1.73. The van der Waals surface area contributed by atoms with Crippen LogP contribution < -0.4 is 9.47 Å². The number of rotatable bonds is 6. The average molecular weight is 235 g/mol. The molecular weight excluding hydrogens is 218 g/mol. The summed E-state index contributed by atoms with van der Waals surface area (Å²) < 4.78 is 11.0. The number of hydrogen-bond acceptors (Lipinski definition) is 4. The molecule has 0 aliphatic carbocycles. The number of benzene rings is 1. The first-order chi connectivity index (χ1) is 8.21. The largest absolute Gasteiger partial charge is 0.490 e. The maximum Gasteiger partial charge on any atom is 0.162 e. The lowest BCUT2D eigenvalue weighted by Crippen LogP contribution is -2.12. The van der Waals surface area contributed by atoms with Gasteiger partial charge in [-0.3, -0.25) is 0 Å². The number of aliphatic hydroxyl groups excluding tert-OH is 1. The van der Waals surface area contributed by atoms with Crippen LogP contribution in [-0.4, -0.2) is 24.9 Å². The van der Waals surface area contributed by atoms with Gasteiger partial charge >= 0.3 is 0 Å². The Bertz CT molecular complexity index is 398. The minimum absolute atomic E-state index is 0.0696. The lowest BCUT2D eigenvalue weighted by Gasteiger charge is -2.14. The Balaban J connectivity index is 2.79. The molecule has 1 aromatic carbocycles. The molecule has 1 aromatic rings. The molecule has 4 nitrogen and oxygen atoms in total. The van der Waals surface area contributed by atoms with E-state index in [1.54, 1.807) is 18.2 Å². The first-order valence-corrected chi connectivity index (χ1v) is 5.61. The van der Waals surface area contributed by atoms with Crippen LogP contribution in [0.5, 0.6) is 11.5 Å². The van der Waals surface area contributed by atoms with Gasteiger partial charge in [0.2, 0.25) is 0 Å². The van der Waals surface area contributed by atoms with E-state index in [-0.39, 0.29) is 12.5 Å². The molecule has 0 saturated heterocycles. The summed E-state index contributed by atoms with van der Waals surface area (Å²) in [6.07, 6.45) is 0. The summed E-state index contributed by atoms with van der Waals surface area (Å²) in [6, 6.07) is 7.11. The molecule has 1 rings (SSSR count). The predicted octanol–water partition coefficient (Wildman–Crippen LogP) is 1.96. The molecule has 0 fully saturated rings. The Morgan fingerprint density at radius 2 is 2.12 bits per heavy atom. The van der Waals surface area contributed by atoms with Gasteiger partial charge in [-0.15, -0.1) is 0 Å². The maximum absolute atomic E-state index is 8.91. The second-order valence-electron chi connectivity index (χ2n) is 3.81. The zero-order valence-corrected chi connectivity index (χ0v) is 10.1. The highest BCUT2D eigenvalue weighted by atomic mass is 16.5.